The molecule has 0 saturated heterocycles. The number of alkyl halides is 6. The molecule has 0 saturated carbocycles. The third-order valence-corrected chi connectivity index (χ3v) is 4.84. The van der Waals surface area contributed by atoms with Crippen molar-refractivity contribution in [3.63, 3.8) is 0 Å². The lowest BCUT2D eigenvalue weighted by molar-refractivity contribution is -0.143. The van der Waals surface area contributed by atoms with Crippen molar-refractivity contribution in [1.29, 1.82) is 0 Å². The molecular formula is C23H13F6NO. The highest BCUT2D eigenvalue weighted by Crippen LogP contribution is 2.41. The van der Waals surface area contributed by atoms with Crippen LogP contribution < -0.4 is 5.32 Å². The average molecular weight is 433 g/mol. The normalized spacial score (nSPS) is 14.1. The molecule has 0 aromatic heterocycles. The number of anilines is 1. The van der Waals surface area contributed by atoms with Gasteiger partial charge < -0.3 is 5.32 Å². The molecule has 0 aliphatic heterocycles. The molecule has 8 heteroatoms. The predicted octanol–water partition coefficient (Wildman–Crippen LogP) is 6.90. The molecule has 0 unspecified atom stereocenters. The van der Waals surface area contributed by atoms with Gasteiger partial charge in [-0.05, 0) is 23.8 Å². The highest BCUT2D eigenvalue weighted by Gasteiger charge is 2.37. The summed E-state index contributed by atoms with van der Waals surface area (Å²) in [4.78, 5) is 13.0. The zero-order chi connectivity index (χ0) is 22.4. The summed E-state index contributed by atoms with van der Waals surface area (Å²) >= 11 is 0. The molecule has 1 N–H and O–H groups in total. The van der Waals surface area contributed by atoms with Crippen LogP contribution in [-0.4, -0.2) is 5.78 Å². The minimum atomic E-state index is -4.97. The third kappa shape index (κ3) is 3.93. The summed E-state index contributed by atoms with van der Waals surface area (Å²) in [5, 5.41) is 2.66. The molecule has 31 heavy (non-hydrogen) atoms. The van der Waals surface area contributed by atoms with Crippen LogP contribution in [-0.2, 0) is 12.4 Å². The number of hydrogen-bond donors (Lipinski definition) is 1. The van der Waals surface area contributed by atoms with Gasteiger partial charge >= 0.3 is 12.4 Å². The Kier molecular flexibility index (Phi) is 4.88. The monoisotopic (exact) mass is 433 g/mol. The number of allylic oxidation sites excluding steroid dienone is 1. The molecule has 4 rings (SSSR count). The van der Waals surface area contributed by atoms with Crippen molar-refractivity contribution >= 4 is 22.7 Å². The van der Waals surface area contributed by atoms with Crippen molar-refractivity contribution in [2.24, 2.45) is 0 Å². The maximum atomic E-state index is 13.2. The Morgan fingerprint density at radius 2 is 1.16 bits per heavy atom. The van der Waals surface area contributed by atoms with Crippen LogP contribution in [0.1, 0.15) is 32.6 Å². The molecule has 0 heterocycles. The van der Waals surface area contributed by atoms with Crippen LogP contribution in [0.15, 0.2) is 72.8 Å². The summed E-state index contributed by atoms with van der Waals surface area (Å²) < 4.78 is 79.4. The van der Waals surface area contributed by atoms with E-state index in [-0.39, 0.29) is 23.1 Å². The first-order valence-electron chi connectivity index (χ1n) is 9.06. The van der Waals surface area contributed by atoms with Gasteiger partial charge in [-0.1, -0.05) is 54.6 Å². The number of carbonyl (C=O) groups excluding carboxylic acids is 1. The molecule has 0 spiro atoms. The van der Waals surface area contributed by atoms with E-state index >= 15 is 0 Å². The molecule has 1 aliphatic carbocycles. The quantitative estimate of drug-likeness (QED) is 0.455. The molecule has 158 valence electrons. The second kappa shape index (κ2) is 7.30. The van der Waals surface area contributed by atoms with Crippen molar-refractivity contribution in [3.05, 3.63) is 101 Å². The fourth-order valence-corrected chi connectivity index (χ4v) is 3.46. The number of halogens is 6. The van der Waals surface area contributed by atoms with E-state index in [2.05, 4.69) is 5.32 Å². The van der Waals surface area contributed by atoms with E-state index in [1.54, 1.807) is 54.6 Å². The standard InChI is InChI=1S/C23H13F6NO/c24-22(25,26)14-10-15(23(27,28)29)12-16(11-14)30-20-17-8-4-5-9-18(17)21(31)19(20)13-6-2-1-3-7-13/h1-12,30H. The molecule has 0 bridgehead atoms. The van der Waals surface area contributed by atoms with Crippen LogP contribution in [0.25, 0.3) is 11.3 Å². The van der Waals surface area contributed by atoms with Crippen LogP contribution >= 0.6 is 0 Å². The molecule has 0 atom stereocenters. The first-order chi connectivity index (χ1) is 14.6. The number of carbonyl (C=O) groups is 1. The fourth-order valence-electron chi connectivity index (χ4n) is 3.46. The maximum absolute atomic E-state index is 13.2. The Bertz CT molecular complexity index is 1160. The first kappa shape index (κ1) is 20.7. The largest absolute Gasteiger partial charge is 0.416 e. The van der Waals surface area contributed by atoms with Crippen molar-refractivity contribution in [2.75, 3.05) is 5.32 Å². The first-order valence-corrected chi connectivity index (χ1v) is 9.06. The van der Waals surface area contributed by atoms with Gasteiger partial charge in [-0.15, -0.1) is 0 Å². The van der Waals surface area contributed by atoms with Crippen LogP contribution in [0, 0.1) is 0 Å². The number of rotatable bonds is 3. The summed E-state index contributed by atoms with van der Waals surface area (Å²) in [5.74, 6) is -0.368. The number of fused-ring (bicyclic) bond motifs is 1. The molecule has 0 fully saturated rings. The summed E-state index contributed by atoms with van der Waals surface area (Å²) in [6, 6.07) is 16.0. The fraction of sp³-hybridized carbons (Fsp3) is 0.0870. The van der Waals surface area contributed by atoms with Gasteiger partial charge in [-0.2, -0.15) is 26.3 Å². The van der Waals surface area contributed by atoms with Crippen molar-refractivity contribution < 1.29 is 31.1 Å². The van der Waals surface area contributed by atoms with Gasteiger partial charge in [0.05, 0.1) is 22.4 Å². The zero-order valence-corrected chi connectivity index (χ0v) is 15.6. The smallest absolute Gasteiger partial charge is 0.354 e. The molecule has 3 aromatic carbocycles. The van der Waals surface area contributed by atoms with Gasteiger partial charge in [0.15, 0.2) is 5.78 Å². The van der Waals surface area contributed by atoms with Crippen molar-refractivity contribution in [1.82, 2.24) is 0 Å². The second-order valence-corrected chi connectivity index (χ2v) is 6.91. The number of nitrogens with one attached hydrogen (secondary N) is 1. The zero-order valence-electron chi connectivity index (χ0n) is 15.6. The Labute approximate surface area is 172 Å². The SMILES string of the molecule is O=C1C(c2ccccc2)=C(Nc2cc(C(F)(F)F)cc(C(F)(F)F)c2)c2ccccc21. The highest BCUT2D eigenvalue weighted by molar-refractivity contribution is 6.40. The minimum absolute atomic E-state index is 0.0609. The number of hydrogen-bond acceptors (Lipinski definition) is 2. The maximum Gasteiger partial charge on any atom is 0.416 e. The van der Waals surface area contributed by atoms with Gasteiger partial charge in [0.25, 0.3) is 0 Å². The van der Waals surface area contributed by atoms with E-state index < -0.39 is 29.2 Å². The second-order valence-electron chi connectivity index (χ2n) is 6.91. The lowest BCUT2D eigenvalue weighted by Gasteiger charge is -2.17. The lowest BCUT2D eigenvalue weighted by atomic mass is 10.0. The Morgan fingerprint density at radius 1 is 0.645 bits per heavy atom. The van der Waals surface area contributed by atoms with Gasteiger partial charge in [0.1, 0.15) is 0 Å². The Morgan fingerprint density at radius 3 is 1.71 bits per heavy atom. The molecular weight excluding hydrogens is 420 g/mol. The molecule has 2 nitrogen and oxygen atoms in total. The summed E-state index contributed by atoms with van der Waals surface area (Å²) in [5.41, 5.74) is -1.77. The van der Waals surface area contributed by atoms with Crippen molar-refractivity contribution in [3.8, 4) is 0 Å². The topological polar surface area (TPSA) is 29.1 Å². The molecule has 1 aliphatic rings. The van der Waals surface area contributed by atoms with E-state index in [9.17, 15) is 31.1 Å². The van der Waals surface area contributed by atoms with E-state index in [0.29, 0.717) is 28.8 Å². The minimum Gasteiger partial charge on any atom is -0.354 e. The molecule has 0 radical (unpaired) electrons. The van der Waals surface area contributed by atoms with E-state index in [4.69, 9.17) is 0 Å². The average Bonchev–Trinajstić information content (AvgIpc) is 2.99. The predicted molar refractivity (Wildman–Crippen MR) is 104 cm³/mol. The van der Waals surface area contributed by atoms with Crippen LogP contribution in [0.5, 0.6) is 0 Å². The lowest BCUT2D eigenvalue weighted by Crippen LogP contribution is -2.12. The Balaban J connectivity index is 1.90. The summed E-state index contributed by atoms with van der Waals surface area (Å²) in [6.07, 6.45) is -9.95. The number of benzene rings is 3. The van der Waals surface area contributed by atoms with Gasteiger partial charge in [0, 0.05) is 16.8 Å². The van der Waals surface area contributed by atoms with E-state index in [0.717, 1.165) is 0 Å². The van der Waals surface area contributed by atoms with Crippen molar-refractivity contribution in [2.45, 2.75) is 12.4 Å². The van der Waals surface area contributed by atoms with Gasteiger partial charge in [-0.3, -0.25) is 4.79 Å². The van der Waals surface area contributed by atoms with Gasteiger partial charge in [-0.25, -0.2) is 0 Å². The molecule has 0 amide bonds. The summed E-state index contributed by atoms with van der Waals surface area (Å²) in [7, 11) is 0. The highest BCUT2D eigenvalue weighted by atomic mass is 19.4. The van der Waals surface area contributed by atoms with Crippen LogP contribution in [0.4, 0.5) is 32.0 Å². The summed E-state index contributed by atoms with van der Waals surface area (Å²) in [6.45, 7) is 0. The van der Waals surface area contributed by atoms with Crippen LogP contribution in [0.3, 0.4) is 0 Å². The third-order valence-electron chi connectivity index (χ3n) is 4.84. The number of Topliss-reactive ketones (excluding diaryl/α,β-unsaturated/α-hetero) is 1. The van der Waals surface area contributed by atoms with Gasteiger partial charge in [0.2, 0.25) is 0 Å². The Hall–Kier alpha value is -3.55. The van der Waals surface area contributed by atoms with Crippen LogP contribution in [0.2, 0.25) is 0 Å². The van der Waals surface area contributed by atoms with E-state index in [1.165, 1.54) is 0 Å². The number of ketones is 1. The molecule has 3 aromatic rings. The van der Waals surface area contributed by atoms with E-state index in [1.807, 2.05) is 0 Å².